The Hall–Kier alpha value is -3.00. The number of hydrogen-bond acceptors (Lipinski definition) is 2. The largest absolute Gasteiger partial charge is 0.289 e. The SMILES string of the molecule is Cc1ccccc1C(=O)c1ccc(C(=O)c2ccccc2)cc1. The molecular formula is C21H16O2. The van der Waals surface area contributed by atoms with Gasteiger partial charge in [-0.15, -0.1) is 0 Å². The van der Waals surface area contributed by atoms with Crippen molar-refractivity contribution in [2.24, 2.45) is 0 Å². The van der Waals surface area contributed by atoms with E-state index in [1.165, 1.54) is 0 Å². The number of benzene rings is 3. The highest BCUT2D eigenvalue weighted by Crippen LogP contribution is 2.16. The second kappa shape index (κ2) is 6.41. The van der Waals surface area contributed by atoms with Gasteiger partial charge in [0.25, 0.3) is 0 Å². The molecule has 2 nitrogen and oxygen atoms in total. The number of rotatable bonds is 4. The Morgan fingerprint density at radius 2 is 1.04 bits per heavy atom. The van der Waals surface area contributed by atoms with Crippen LogP contribution in [0.3, 0.4) is 0 Å². The molecule has 2 heteroatoms. The highest BCUT2D eigenvalue weighted by atomic mass is 16.1. The molecule has 0 fully saturated rings. The highest BCUT2D eigenvalue weighted by Gasteiger charge is 2.13. The van der Waals surface area contributed by atoms with Crippen LogP contribution in [0.1, 0.15) is 37.4 Å². The summed E-state index contributed by atoms with van der Waals surface area (Å²) < 4.78 is 0. The monoisotopic (exact) mass is 300 g/mol. The predicted molar refractivity (Wildman–Crippen MR) is 90.9 cm³/mol. The molecule has 0 bridgehead atoms. The zero-order chi connectivity index (χ0) is 16.2. The maximum absolute atomic E-state index is 12.5. The van der Waals surface area contributed by atoms with Crippen LogP contribution < -0.4 is 0 Å². The topological polar surface area (TPSA) is 34.1 Å². The van der Waals surface area contributed by atoms with Crippen LogP contribution >= 0.6 is 0 Å². The fourth-order valence-corrected chi connectivity index (χ4v) is 2.51. The lowest BCUT2D eigenvalue weighted by atomic mass is 9.97. The van der Waals surface area contributed by atoms with Crippen molar-refractivity contribution in [2.45, 2.75) is 6.92 Å². The Morgan fingerprint density at radius 1 is 0.565 bits per heavy atom. The third kappa shape index (κ3) is 3.11. The van der Waals surface area contributed by atoms with Gasteiger partial charge in [0.15, 0.2) is 11.6 Å². The number of ketones is 2. The molecule has 0 heterocycles. The quantitative estimate of drug-likeness (QED) is 0.667. The van der Waals surface area contributed by atoms with E-state index in [1.54, 1.807) is 36.4 Å². The number of hydrogen-bond donors (Lipinski definition) is 0. The smallest absolute Gasteiger partial charge is 0.193 e. The van der Waals surface area contributed by atoms with Crippen molar-refractivity contribution in [3.05, 3.63) is 107 Å². The van der Waals surface area contributed by atoms with E-state index in [4.69, 9.17) is 0 Å². The molecule has 23 heavy (non-hydrogen) atoms. The van der Waals surface area contributed by atoms with Crippen LogP contribution in [0.25, 0.3) is 0 Å². The molecule has 3 rings (SSSR count). The third-order valence-corrected chi connectivity index (χ3v) is 3.83. The van der Waals surface area contributed by atoms with Crippen LogP contribution in [0.4, 0.5) is 0 Å². The van der Waals surface area contributed by atoms with Gasteiger partial charge in [-0.25, -0.2) is 0 Å². The Bertz CT molecular complexity index is 847. The fourth-order valence-electron chi connectivity index (χ4n) is 2.51. The lowest BCUT2D eigenvalue weighted by molar-refractivity contribution is 0.102. The van der Waals surface area contributed by atoms with Gasteiger partial charge in [-0.1, -0.05) is 78.9 Å². The molecule has 0 atom stereocenters. The minimum absolute atomic E-state index is 0.0261. The molecule has 0 spiro atoms. The summed E-state index contributed by atoms with van der Waals surface area (Å²) in [5.74, 6) is -0.0673. The molecule has 0 aliphatic carbocycles. The summed E-state index contributed by atoms with van der Waals surface area (Å²) in [5, 5.41) is 0. The van der Waals surface area contributed by atoms with Crippen molar-refractivity contribution in [3.63, 3.8) is 0 Å². The molecule has 0 aliphatic heterocycles. The Morgan fingerprint density at radius 3 is 1.65 bits per heavy atom. The van der Waals surface area contributed by atoms with Gasteiger partial charge in [0.2, 0.25) is 0 Å². The molecule has 0 saturated heterocycles. The average molecular weight is 300 g/mol. The Balaban J connectivity index is 1.87. The molecule has 0 amide bonds. The summed E-state index contributed by atoms with van der Waals surface area (Å²) in [7, 11) is 0. The number of carbonyl (C=O) groups excluding carboxylic acids is 2. The van der Waals surface area contributed by atoms with E-state index in [0.29, 0.717) is 22.3 Å². The minimum Gasteiger partial charge on any atom is -0.289 e. The number of carbonyl (C=O) groups is 2. The number of aryl methyl sites for hydroxylation is 1. The highest BCUT2D eigenvalue weighted by molar-refractivity contribution is 6.12. The van der Waals surface area contributed by atoms with E-state index < -0.39 is 0 Å². The second-order valence-corrected chi connectivity index (χ2v) is 5.42. The summed E-state index contributed by atoms with van der Waals surface area (Å²) in [6, 6.07) is 23.5. The van der Waals surface area contributed by atoms with Crippen LogP contribution in [-0.4, -0.2) is 11.6 Å². The van der Waals surface area contributed by atoms with E-state index in [1.807, 2.05) is 49.4 Å². The van der Waals surface area contributed by atoms with Crippen molar-refractivity contribution < 1.29 is 9.59 Å². The van der Waals surface area contributed by atoms with E-state index in [9.17, 15) is 9.59 Å². The first kappa shape index (κ1) is 14.9. The van der Waals surface area contributed by atoms with E-state index >= 15 is 0 Å². The zero-order valence-corrected chi connectivity index (χ0v) is 12.8. The van der Waals surface area contributed by atoms with Crippen LogP contribution in [0.15, 0.2) is 78.9 Å². The summed E-state index contributed by atoms with van der Waals surface area (Å²) in [6.45, 7) is 1.92. The molecule has 112 valence electrons. The predicted octanol–water partition coefficient (Wildman–Crippen LogP) is 4.46. The molecule has 0 aromatic heterocycles. The standard InChI is InChI=1S/C21H16O2/c1-15-7-5-6-10-19(15)21(23)18-13-11-17(12-14-18)20(22)16-8-3-2-4-9-16/h2-14H,1H3. The third-order valence-electron chi connectivity index (χ3n) is 3.83. The first-order valence-corrected chi connectivity index (χ1v) is 7.47. The average Bonchev–Trinajstić information content (AvgIpc) is 2.62. The van der Waals surface area contributed by atoms with Gasteiger partial charge in [-0.05, 0) is 12.5 Å². The lowest BCUT2D eigenvalue weighted by Gasteiger charge is -2.06. The molecule has 3 aromatic rings. The van der Waals surface area contributed by atoms with Crippen LogP contribution in [0.5, 0.6) is 0 Å². The molecular weight excluding hydrogens is 284 g/mol. The van der Waals surface area contributed by atoms with Crippen LogP contribution in [0, 0.1) is 6.92 Å². The summed E-state index contributed by atoms with van der Waals surface area (Å²) in [4.78, 5) is 24.9. The van der Waals surface area contributed by atoms with Crippen molar-refractivity contribution in [2.75, 3.05) is 0 Å². The molecule has 0 aliphatic rings. The first-order valence-electron chi connectivity index (χ1n) is 7.47. The van der Waals surface area contributed by atoms with Crippen LogP contribution in [0.2, 0.25) is 0 Å². The normalized spacial score (nSPS) is 10.3. The van der Waals surface area contributed by atoms with Gasteiger partial charge in [0, 0.05) is 22.3 Å². The van der Waals surface area contributed by atoms with E-state index in [-0.39, 0.29) is 11.6 Å². The molecule has 3 aromatic carbocycles. The van der Waals surface area contributed by atoms with Crippen molar-refractivity contribution in [1.29, 1.82) is 0 Å². The fraction of sp³-hybridized carbons (Fsp3) is 0.0476. The van der Waals surface area contributed by atoms with Gasteiger partial charge in [0.1, 0.15) is 0 Å². The van der Waals surface area contributed by atoms with Crippen LogP contribution in [-0.2, 0) is 0 Å². The van der Waals surface area contributed by atoms with Gasteiger partial charge < -0.3 is 0 Å². The Labute approximate surface area is 135 Å². The molecule has 0 N–H and O–H groups in total. The lowest BCUT2D eigenvalue weighted by Crippen LogP contribution is -2.05. The van der Waals surface area contributed by atoms with Gasteiger partial charge in [0.05, 0.1) is 0 Å². The molecule has 0 radical (unpaired) electrons. The van der Waals surface area contributed by atoms with E-state index in [0.717, 1.165) is 5.56 Å². The molecule has 0 unspecified atom stereocenters. The summed E-state index contributed by atoms with van der Waals surface area (Å²) in [5.41, 5.74) is 3.45. The first-order chi connectivity index (χ1) is 11.2. The van der Waals surface area contributed by atoms with Crippen molar-refractivity contribution in [3.8, 4) is 0 Å². The molecule has 0 saturated carbocycles. The zero-order valence-electron chi connectivity index (χ0n) is 12.8. The van der Waals surface area contributed by atoms with Crippen molar-refractivity contribution in [1.82, 2.24) is 0 Å². The Kier molecular flexibility index (Phi) is 4.15. The second-order valence-electron chi connectivity index (χ2n) is 5.42. The maximum atomic E-state index is 12.5. The summed E-state index contributed by atoms with van der Waals surface area (Å²) in [6.07, 6.45) is 0. The minimum atomic E-state index is -0.0412. The van der Waals surface area contributed by atoms with Gasteiger partial charge in [-0.2, -0.15) is 0 Å². The summed E-state index contributed by atoms with van der Waals surface area (Å²) >= 11 is 0. The van der Waals surface area contributed by atoms with Gasteiger partial charge in [-0.3, -0.25) is 9.59 Å². The van der Waals surface area contributed by atoms with E-state index in [2.05, 4.69) is 0 Å². The van der Waals surface area contributed by atoms with Crippen molar-refractivity contribution >= 4 is 11.6 Å². The maximum Gasteiger partial charge on any atom is 0.193 e. The van der Waals surface area contributed by atoms with Gasteiger partial charge >= 0.3 is 0 Å².